The van der Waals surface area contributed by atoms with Gasteiger partial charge >= 0.3 is 5.97 Å². The molecular weight excluding hydrogens is 314 g/mol. The number of benzene rings is 2. The van der Waals surface area contributed by atoms with E-state index in [1.165, 1.54) is 31.1 Å². The highest BCUT2D eigenvalue weighted by Crippen LogP contribution is 2.23. The van der Waals surface area contributed by atoms with Crippen molar-refractivity contribution in [1.29, 1.82) is 0 Å². The number of aryl methyl sites for hydroxylation is 2. The third-order valence-electron chi connectivity index (χ3n) is 4.72. The molecule has 1 aliphatic carbocycles. The quantitative estimate of drug-likeness (QED) is 0.848. The molecule has 130 valence electrons. The van der Waals surface area contributed by atoms with E-state index >= 15 is 0 Å². The van der Waals surface area contributed by atoms with Gasteiger partial charge in [-0.2, -0.15) is 0 Å². The molecule has 4 heteroatoms. The fourth-order valence-corrected chi connectivity index (χ4v) is 3.30. The van der Waals surface area contributed by atoms with Gasteiger partial charge < -0.3 is 10.1 Å². The smallest absolute Gasteiger partial charge is 0.307 e. The Morgan fingerprint density at radius 1 is 1.04 bits per heavy atom. The zero-order valence-electron chi connectivity index (χ0n) is 14.5. The van der Waals surface area contributed by atoms with Crippen LogP contribution in [0.1, 0.15) is 52.4 Å². The van der Waals surface area contributed by atoms with Gasteiger partial charge in [0.05, 0.1) is 19.6 Å². The molecule has 1 aliphatic rings. The van der Waals surface area contributed by atoms with Crippen LogP contribution >= 0.6 is 0 Å². The number of fused-ring (bicyclic) bond motifs is 1. The fraction of sp³-hybridized carbons (Fsp3) is 0.333. The molecule has 0 saturated heterocycles. The van der Waals surface area contributed by atoms with Gasteiger partial charge in [0.2, 0.25) is 0 Å². The van der Waals surface area contributed by atoms with Gasteiger partial charge in [0.25, 0.3) is 5.91 Å². The number of esters is 1. The van der Waals surface area contributed by atoms with Gasteiger partial charge in [-0.05, 0) is 54.5 Å². The van der Waals surface area contributed by atoms with Crippen molar-refractivity contribution < 1.29 is 14.3 Å². The molecule has 1 N–H and O–H groups in total. The van der Waals surface area contributed by atoms with E-state index in [-0.39, 0.29) is 18.3 Å². The summed E-state index contributed by atoms with van der Waals surface area (Å²) in [7, 11) is 1.36. The molecule has 3 rings (SSSR count). The van der Waals surface area contributed by atoms with Crippen LogP contribution in [0, 0.1) is 0 Å². The van der Waals surface area contributed by atoms with Crippen molar-refractivity contribution in [3.05, 3.63) is 70.8 Å². The van der Waals surface area contributed by atoms with Crippen LogP contribution in [0.25, 0.3) is 0 Å². The maximum Gasteiger partial charge on any atom is 0.307 e. The molecule has 2 aromatic carbocycles. The molecule has 1 amide bonds. The van der Waals surface area contributed by atoms with Crippen molar-refractivity contribution >= 4 is 11.9 Å². The number of carbonyl (C=O) groups is 2. The highest BCUT2D eigenvalue weighted by molar-refractivity contribution is 5.95. The zero-order valence-corrected chi connectivity index (χ0v) is 14.5. The predicted molar refractivity (Wildman–Crippen MR) is 96.4 cm³/mol. The van der Waals surface area contributed by atoms with Gasteiger partial charge in [0.1, 0.15) is 0 Å². The molecule has 4 nitrogen and oxygen atoms in total. The summed E-state index contributed by atoms with van der Waals surface area (Å²) < 4.78 is 4.77. The van der Waals surface area contributed by atoms with E-state index in [1.54, 1.807) is 0 Å². The Hall–Kier alpha value is -2.62. The van der Waals surface area contributed by atoms with Crippen LogP contribution in [0.4, 0.5) is 0 Å². The first-order valence-corrected chi connectivity index (χ1v) is 8.72. The minimum absolute atomic E-state index is 0.108. The number of carbonyl (C=O) groups excluding carboxylic acids is 2. The molecule has 0 saturated carbocycles. The lowest BCUT2D eigenvalue weighted by molar-refractivity contribution is -0.141. The standard InChI is InChI=1S/C21H23NO3/c1-25-20(23)14-19(16-8-3-2-4-9-16)22-21(24)18-12-11-15-7-5-6-10-17(15)13-18/h2-4,8-9,11-13,19H,5-7,10,14H2,1H3,(H,22,24). The van der Waals surface area contributed by atoms with E-state index in [2.05, 4.69) is 11.4 Å². The second-order valence-electron chi connectivity index (χ2n) is 6.41. The molecule has 0 radical (unpaired) electrons. The normalized spacial score (nSPS) is 14.3. The molecule has 0 fully saturated rings. The molecule has 25 heavy (non-hydrogen) atoms. The second-order valence-corrected chi connectivity index (χ2v) is 6.41. The average Bonchev–Trinajstić information content (AvgIpc) is 2.67. The summed E-state index contributed by atoms with van der Waals surface area (Å²) >= 11 is 0. The number of hydrogen-bond donors (Lipinski definition) is 1. The van der Waals surface area contributed by atoms with E-state index in [0.29, 0.717) is 5.56 Å². The Balaban J connectivity index is 1.79. The van der Waals surface area contributed by atoms with Crippen LogP contribution in [0.15, 0.2) is 48.5 Å². The van der Waals surface area contributed by atoms with Crippen LogP contribution in [-0.4, -0.2) is 19.0 Å². The lowest BCUT2D eigenvalue weighted by Gasteiger charge is -2.20. The number of nitrogens with one attached hydrogen (secondary N) is 1. The highest BCUT2D eigenvalue weighted by atomic mass is 16.5. The number of methoxy groups -OCH3 is 1. The molecule has 0 bridgehead atoms. The number of ether oxygens (including phenoxy) is 1. The number of amides is 1. The maximum absolute atomic E-state index is 12.7. The third kappa shape index (κ3) is 4.27. The summed E-state index contributed by atoms with van der Waals surface area (Å²) in [6, 6.07) is 15.0. The summed E-state index contributed by atoms with van der Waals surface area (Å²) in [6.45, 7) is 0. The fourth-order valence-electron chi connectivity index (χ4n) is 3.30. The average molecular weight is 337 g/mol. The van der Waals surface area contributed by atoms with Gasteiger partial charge in [-0.1, -0.05) is 36.4 Å². The van der Waals surface area contributed by atoms with Gasteiger partial charge in [-0.3, -0.25) is 9.59 Å². The van der Waals surface area contributed by atoms with Crippen molar-refractivity contribution in [3.63, 3.8) is 0 Å². The van der Waals surface area contributed by atoms with Crippen LogP contribution in [-0.2, 0) is 22.4 Å². The van der Waals surface area contributed by atoms with Gasteiger partial charge in [0, 0.05) is 5.56 Å². The Bertz CT molecular complexity index is 755. The van der Waals surface area contributed by atoms with E-state index in [4.69, 9.17) is 4.74 Å². The molecule has 2 aromatic rings. The molecule has 0 aliphatic heterocycles. The van der Waals surface area contributed by atoms with Crippen molar-refractivity contribution in [3.8, 4) is 0 Å². The van der Waals surface area contributed by atoms with Gasteiger partial charge in [-0.25, -0.2) is 0 Å². The molecule has 1 atom stereocenters. The Morgan fingerprint density at radius 2 is 1.76 bits per heavy atom. The number of hydrogen-bond acceptors (Lipinski definition) is 3. The predicted octanol–water partition coefficient (Wildman–Crippen LogP) is 3.60. The highest BCUT2D eigenvalue weighted by Gasteiger charge is 2.20. The molecule has 1 unspecified atom stereocenters. The lowest BCUT2D eigenvalue weighted by Crippen LogP contribution is -2.30. The van der Waals surface area contributed by atoms with Crippen molar-refractivity contribution in [2.45, 2.75) is 38.1 Å². The zero-order chi connectivity index (χ0) is 17.6. The molecule has 0 heterocycles. The van der Waals surface area contributed by atoms with Gasteiger partial charge in [0.15, 0.2) is 0 Å². The first-order chi connectivity index (χ1) is 12.2. The maximum atomic E-state index is 12.7. The van der Waals surface area contributed by atoms with E-state index in [0.717, 1.165) is 18.4 Å². The van der Waals surface area contributed by atoms with Crippen molar-refractivity contribution in [2.75, 3.05) is 7.11 Å². The van der Waals surface area contributed by atoms with Crippen molar-refractivity contribution in [1.82, 2.24) is 5.32 Å². The molecule has 0 spiro atoms. The van der Waals surface area contributed by atoms with Crippen LogP contribution < -0.4 is 5.32 Å². The van der Waals surface area contributed by atoms with Gasteiger partial charge in [-0.15, -0.1) is 0 Å². The van der Waals surface area contributed by atoms with E-state index in [9.17, 15) is 9.59 Å². The summed E-state index contributed by atoms with van der Waals surface area (Å²) in [6.07, 6.45) is 4.62. The molecular formula is C21H23NO3. The van der Waals surface area contributed by atoms with Crippen molar-refractivity contribution in [2.24, 2.45) is 0 Å². The monoisotopic (exact) mass is 337 g/mol. The number of rotatable bonds is 5. The third-order valence-corrected chi connectivity index (χ3v) is 4.72. The van der Waals surface area contributed by atoms with Crippen LogP contribution in [0.2, 0.25) is 0 Å². The minimum atomic E-state index is -0.405. The molecule has 0 aromatic heterocycles. The Labute approximate surface area is 148 Å². The Kier molecular flexibility index (Phi) is 5.49. The second kappa shape index (κ2) is 7.97. The largest absolute Gasteiger partial charge is 0.469 e. The Morgan fingerprint density at radius 3 is 2.48 bits per heavy atom. The first-order valence-electron chi connectivity index (χ1n) is 8.72. The minimum Gasteiger partial charge on any atom is -0.469 e. The summed E-state index contributed by atoms with van der Waals surface area (Å²) in [4.78, 5) is 24.5. The summed E-state index contributed by atoms with van der Waals surface area (Å²) in [5.41, 5.74) is 4.14. The first kappa shape index (κ1) is 17.2. The van der Waals surface area contributed by atoms with Crippen LogP contribution in [0.5, 0.6) is 0 Å². The summed E-state index contributed by atoms with van der Waals surface area (Å²) in [5, 5.41) is 2.98. The SMILES string of the molecule is COC(=O)CC(NC(=O)c1ccc2c(c1)CCCC2)c1ccccc1. The summed E-state index contributed by atoms with van der Waals surface area (Å²) in [5.74, 6) is -0.509. The topological polar surface area (TPSA) is 55.4 Å². The van der Waals surface area contributed by atoms with Crippen LogP contribution in [0.3, 0.4) is 0 Å². The van der Waals surface area contributed by atoms with E-state index < -0.39 is 6.04 Å². The van der Waals surface area contributed by atoms with E-state index in [1.807, 2.05) is 42.5 Å². The lowest BCUT2D eigenvalue weighted by atomic mass is 9.90.